The fraction of sp³-hybridized carbons (Fsp3) is 0.533. The van der Waals surface area contributed by atoms with E-state index in [4.69, 9.17) is 22.1 Å². The van der Waals surface area contributed by atoms with Gasteiger partial charge in [-0.25, -0.2) is 0 Å². The van der Waals surface area contributed by atoms with Crippen LogP contribution in [-0.2, 0) is 4.74 Å². The Labute approximate surface area is 149 Å². The van der Waals surface area contributed by atoms with Crippen LogP contribution in [0.15, 0.2) is 29.3 Å². The number of halogens is 2. The summed E-state index contributed by atoms with van der Waals surface area (Å²) in [6, 6.07) is 7.59. The number of nitrogens with two attached hydrogens (primary N) is 1. The zero-order valence-corrected chi connectivity index (χ0v) is 15.9. The van der Waals surface area contributed by atoms with Gasteiger partial charge in [0, 0.05) is 18.7 Å². The normalized spacial score (nSPS) is 12.9. The number of benzene rings is 1. The molecule has 4 nitrogen and oxygen atoms in total. The van der Waals surface area contributed by atoms with E-state index in [9.17, 15) is 0 Å². The number of aliphatic imine (C=N–C) groups is 1. The number of ether oxygens (including phenoxy) is 1. The second-order valence-corrected chi connectivity index (χ2v) is 5.55. The predicted octanol–water partition coefficient (Wildman–Crippen LogP) is 3.60. The van der Waals surface area contributed by atoms with Crippen molar-refractivity contribution in [2.24, 2.45) is 16.6 Å². The van der Waals surface area contributed by atoms with E-state index in [1.165, 1.54) is 0 Å². The summed E-state index contributed by atoms with van der Waals surface area (Å²) in [7, 11) is 1.66. The highest BCUT2D eigenvalue weighted by Crippen LogP contribution is 2.20. The molecule has 1 atom stereocenters. The molecule has 0 fully saturated rings. The lowest BCUT2D eigenvalue weighted by Gasteiger charge is -2.14. The Bertz CT molecular complexity index is 441. The van der Waals surface area contributed by atoms with Crippen LogP contribution in [0.2, 0.25) is 5.02 Å². The van der Waals surface area contributed by atoms with Crippen LogP contribution in [0, 0.1) is 5.92 Å². The molecule has 0 aliphatic carbocycles. The third-order valence-corrected chi connectivity index (χ3v) is 3.20. The SMILES string of the molecule is COC(CN=C(N)NCCC(C)C)c1cccc(Cl)c1.I. The van der Waals surface area contributed by atoms with E-state index in [1.807, 2.05) is 24.3 Å². The second-order valence-electron chi connectivity index (χ2n) is 5.11. The highest BCUT2D eigenvalue weighted by atomic mass is 127. The number of methoxy groups -OCH3 is 1. The average molecular weight is 426 g/mol. The number of hydrogen-bond donors (Lipinski definition) is 2. The molecule has 0 saturated carbocycles. The zero-order valence-electron chi connectivity index (χ0n) is 12.8. The minimum absolute atomic E-state index is 0. The molecule has 3 N–H and O–H groups in total. The molecular formula is C15H25ClIN3O. The highest BCUT2D eigenvalue weighted by molar-refractivity contribution is 14.0. The molecule has 21 heavy (non-hydrogen) atoms. The van der Waals surface area contributed by atoms with E-state index >= 15 is 0 Å². The van der Waals surface area contributed by atoms with Gasteiger partial charge in [-0.3, -0.25) is 4.99 Å². The molecule has 0 aromatic heterocycles. The maximum atomic E-state index is 5.98. The van der Waals surface area contributed by atoms with Crippen LogP contribution < -0.4 is 11.1 Å². The smallest absolute Gasteiger partial charge is 0.188 e. The van der Waals surface area contributed by atoms with Crippen LogP contribution in [0.1, 0.15) is 31.9 Å². The first-order valence-corrected chi connectivity index (χ1v) is 7.22. The van der Waals surface area contributed by atoms with Gasteiger partial charge in [-0.2, -0.15) is 0 Å². The maximum Gasteiger partial charge on any atom is 0.188 e. The Balaban J connectivity index is 0.00000400. The van der Waals surface area contributed by atoms with Crippen molar-refractivity contribution in [3.8, 4) is 0 Å². The van der Waals surface area contributed by atoms with E-state index in [0.29, 0.717) is 23.4 Å². The standard InChI is InChI=1S/C15H24ClN3O.HI/c1-11(2)7-8-18-15(17)19-10-14(20-3)12-5-4-6-13(16)9-12;/h4-6,9,11,14H,7-8,10H2,1-3H3,(H3,17,18,19);1H. The molecule has 0 spiro atoms. The average Bonchev–Trinajstić information content (AvgIpc) is 2.39. The van der Waals surface area contributed by atoms with Gasteiger partial charge in [0.15, 0.2) is 5.96 Å². The van der Waals surface area contributed by atoms with Crippen LogP contribution >= 0.6 is 35.6 Å². The van der Waals surface area contributed by atoms with E-state index in [1.54, 1.807) is 7.11 Å². The van der Waals surface area contributed by atoms with Crippen molar-refractivity contribution in [3.63, 3.8) is 0 Å². The van der Waals surface area contributed by atoms with Crippen LogP contribution in [0.3, 0.4) is 0 Å². The van der Waals surface area contributed by atoms with E-state index < -0.39 is 0 Å². The van der Waals surface area contributed by atoms with E-state index in [0.717, 1.165) is 18.5 Å². The lowest BCUT2D eigenvalue weighted by Crippen LogP contribution is -2.33. The van der Waals surface area contributed by atoms with Crippen molar-refractivity contribution in [2.75, 3.05) is 20.2 Å². The molecule has 0 bridgehead atoms. The largest absolute Gasteiger partial charge is 0.375 e. The number of guanidine groups is 1. The third-order valence-electron chi connectivity index (χ3n) is 2.96. The minimum atomic E-state index is -0.140. The lowest BCUT2D eigenvalue weighted by molar-refractivity contribution is 0.111. The third kappa shape index (κ3) is 8.48. The van der Waals surface area contributed by atoms with Crippen molar-refractivity contribution >= 4 is 41.5 Å². The van der Waals surface area contributed by atoms with E-state index in [-0.39, 0.29) is 30.1 Å². The first-order chi connectivity index (χ1) is 9.52. The molecule has 0 aliphatic heterocycles. The second kappa shape index (κ2) is 11.1. The summed E-state index contributed by atoms with van der Waals surface area (Å²) in [4.78, 5) is 4.31. The topological polar surface area (TPSA) is 59.6 Å². The van der Waals surface area contributed by atoms with Gasteiger partial charge in [-0.1, -0.05) is 37.6 Å². The van der Waals surface area contributed by atoms with Gasteiger partial charge >= 0.3 is 0 Å². The van der Waals surface area contributed by atoms with Gasteiger partial charge in [0.1, 0.15) is 6.10 Å². The summed E-state index contributed by atoms with van der Waals surface area (Å²) in [5, 5.41) is 3.79. The van der Waals surface area contributed by atoms with Crippen molar-refractivity contribution < 1.29 is 4.74 Å². The molecule has 0 heterocycles. The summed E-state index contributed by atoms with van der Waals surface area (Å²) in [5.41, 5.74) is 6.83. The Morgan fingerprint density at radius 3 is 2.71 bits per heavy atom. The molecule has 120 valence electrons. The van der Waals surface area contributed by atoms with Gasteiger partial charge in [-0.15, -0.1) is 24.0 Å². The first-order valence-electron chi connectivity index (χ1n) is 6.85. The fourth-order valence-electron chi connectivity index (χ4n) is 1.75. The van der Waals surface area contributed by atoms with Crippen molar-refractivity contribution in [1.29, 1.82) is 0 Å². The molecule has 1 unspecified atom stereocenters. The summed E-state index contributed by atoms with van der Waals surface area (Å²) in [5.74, 6) is 1.10. The lowest BCUT2D eigenvalue weighted by atomic mass is 10.1. The monoisotopic (exact) mass is 425 g/mol. The van der Waals surface area contributed by atoms with Crippen LogP contribution in [0.5, 0.6) is 0 Å². The molecular weight excluding hydrogens is 401 g/mol. The molecule has 0 amide bonds. The summed E-state index contributed by atoms with van der Waals surface area (Å²) >= 11 is 5.98. The van der Waals surface area contributed by atoms with Crippen molar-refractivity contribution in [3.05, 3.63) is 34.9 Å². The Morgan fingerprint density at radius 2 is 2.14 bits per heavy atom. The quantitative estimate of drug-likeness (QED) is 0.399. The van der Waals surface area contributed by atoms with Gasteiger partial charge in [0.25, 0.3) is 0 Å². The summed E-state index contributed by atoms with van der Waals surface area (Å²) in [6.45, 7) is 5.66. The van der Waals surface area contributed by atoms with Gasteiger partial charge in [0.05, 0.1) is 6.54 Å². The van der Waals surface area contributed by atoms with Crippen LogP contribution in [0.4, 0.5) is 0 Å². The van der Waals surface area contributed by atoms with Crippen LogP contribution in [0.25, 0.3) is 0 Å². The van der Waals surface area contributed by atoms with Crippen molar-refractivity contribution in [2.45, 2.75) is 26.4 Å². The number of rotatable bonds is 7. The Kier molecular flexibility index (Phi) is 10.8. The van der Waals surface area contributed by atoms with Crippen LogP contribution in [-0.4, -0.2) is 26.2 Å². The molecule has 1 aromatic rings. The van der Waals surface area contributed by atoms with E-state index in [2.05, 4.69) is 24.2 Å². The number of nitrogens with zero attached hydrogens (tertiary/aromatic N) is 1. The molecule has 6 heteroatoms. The summed E-state index contributed by atoms with van der Waals surface area (Å²) in [6.07, 6.45) is 0.928. The van der Waals surface area contributed by atoms with Gasteiger partial charge in [0.2, 0.25) is 0 Å². The molecule has 0 saturated heterocycles. The highest BCUT2D eigenvalue weighted by Gasteiger charge is 2.10. The zero-order chi connectivity index (χ0) is 15.0. The van der Waals surface area contributed by atoms with Gasteiger partial charge < -0.3 is 15.8 Å². The molecule has 0 radical (unpaired) electrons. The van der Waals surface area contributed by atoms with Gasteiger partial charge in [-0.05, 0) is 30.0 Å². The number of nitrogens with one attached hydrogen (secondary N) is 1. The Morgan fingerprint density at radius 1 is 1.43 bits per heavy atom. The Hall–Kier alpha value is -0.530. The first kappa shape index (κ1) is 20.5. The molecule has 1 aromatic carbocycles. The van der Waals surface area contributed by atoms with Crippen molar-refractivity contribution in [1.82, 2.24) is 5.32 Å². The fourth-order valence-corrected chi connectivity index (χ4v) is 1.95. The molecule has 1 rings (SSSR count). The summed E-state index contributed by atoms with van der Waals surface area (Å²) < 4.78 is 5.44. The predicted molar refractivity (Wildman–Crippen MR) is 101 cm³/mol. The molecule has 0 aliphatic rings. The maximum absolute atomic E-state index is 5.98. The minimum Gasteiger partial charge on any atom is -0.375 e. The number of hydrogen-bond acceptors (Lipinski definition) is 2.